The number of nitrogen functional groups attached to an aromatic ring is 1. The average molecular weight is 309 g/mol. The minimum Gasteiger partial charge on any atom is -0.492 e. The predicted molar refractivity (Wildman–Crippen MR) is 86.3 cm³/mol. The Morgan fingerprint density at radius 2 is 1.90 bits per heavy atom. The van der Waals surface area contributed by atoms with E-state index in [2.05, 4.69) is 10.6 Å². The lowest BCUT2D eigenvalue weighted by Gasteiger charge is -2.23. The Hall–Kier alpha value is -1.43. The first-order valence-electron chi connectivity index (χ1n) is 7.72. The minimum atomic E-state index is -0.0741. The van der Waals surface area contributed by atoms with Crippen LogP contribution >= 0.6 is 11.3 Å². The average Bonchev–Trinajstić information content (AvgIpc) is 3.24. The van der Waals surface area contributed by atoms with Gasteiger partial charge in [0.25, 0.3) is 5.91 Å². The van der Waals surface area contributed by atoms with Gasteiger partial charge in [0.05, 0.1) is 7.11 Å². The lowest BCUT2D eigenvalue weighted by atomic mass is 9.96. The molecule has 5 nitrogen and oxygen atoms in total. The van der Waals surface area contributed by atoms with Gasteiger partial charge in [-0.15, -0.1) is 11.3 Å². The molecule has 2 saturated carbocycles. The molecular formula is C15H23N3O2S. The number of hydrogen-bond donors (Lipinski definition) is 3. The van der Waals surface area contributed by atoms with Gasteiger partial charge in [0, 0.05) is 12.1 Å². The molecule has 0 aliphatic heterocycles. The summed E-state index contributed by atoms with van der Waals surface area (Å²) in [4.78, 5) is 12.8. The molecule has 0 unspecified atom stereocenters. The van der Waals surface area contributed by atoms with E-state index >= 15 is 0 Å². The van der Waals surface area contributed by atoms with E-state index in [9.17, 15) is 4.79 Å². The third kappa shape index (κ3) is 3.26. The van der Waals surface area contributed by atoms with E-state index in [1.165, 1.54) is 43.4 Å². The summed E-state index contributed by atoms with van der Waals surface area (Å²) in [5.41, 5.74) is 6.56. The van der Waals surface area contributed by atoms with Crippen molar-refractivity contribution < 1.29 is 9.53 Å². The van der Waals surface area contributed by atoms with E-state index in [0.29, 0.717) is 28.4 Å². The van der Waals surface area contributed by atoms with Crippen LogP contribution in [-0.4, -0.2) is 25.1 Å². The lowest BCUT2D eigenvalue weighted by Crippen LogP contribution is -2.25. The molecule has 1 amide bonds. The summed E-state index contributed by atoms with van der Waals surface area (Å²) in [6.07, 6.45) is 8.32. The highest BCUT2D eigenvalue weighted by molar-refractivity contribution is 7.19. The number of nitrogens with one attached hydrogen (secondary N) is 2. The largest absolute Gasteiger partial charge is 0.492 e. The zero-order valence-electron chi connectivity index (χ0n) is 12.4. The number of methoxy groups -OCH3 is 1. The fourth-order valence-corrected chi connectivity index (χ4v) is 3.88. The maximum absolute atomic E-state index is 12.2. The molecule has 1 heterocycles. The zero-order valence-corrected chi connectivity index (χ0v) is 13.2. The fourth-order valence-electron chi connectivity index (χ4n) is 2.81. The van der Waals surface area contributed by atoms with Gasteiger partial charge in [-0.1, -0.05) is 19.3 Å². The van der Waals surface area contributed by atoms with Crippen LogP contribution in [0.1, 0.15) is 54.6 Å². The van der Waals surface area contributed by atoms with Gasteiger partial charge in [-0.25, -0.2) is 0 Å². The van der Waals surface area contributed by atoms with Crippen molar-refractivity contribution in [3.05, 3.63) is 4.88 Å². The molecular weight excluding hydrogens is 286 g/mol. The van der Waals surface area contributed by atoms with E-state index in [0.717, 1.165) is 17.8 Å². The maximum Gasteiger partial charge on any atom is 0.263 e. The fraction of sp³-hybridized carbons (Fsp3) is 0.667. The molecule has 21 heavy (non-hydrogen) atoms. The van der Waals surface area contributed by atoms with Crippen LogP contribution in [0.3, 0.4) is 0 Å². The van der Waals surface area contributed by atoms with Crippen LogP contribution < -0.4 is 21.1 Å². The zero-order chi connectivity index (χ0) is 14.8. The minimum absolute atomic E-state index is 0.0741. The SMILES string of the molecule is COc1c(NC2CCCCC2)sc(C(=O)NC2CC2)c1N. The number of hydrogen-bond acceptors (Lipinski definition) is 5. The van der Waals surface area contributed by atoms with Crippen LogP contribution in [0.25, 0.3) is 0 Å². The summed E-state index contributed by atoms with van der Waals surface area (Å²) in [6.45, 7) is 0. The van der Waals surface area contributed by atoms with E-state index < -0.39 is 0 Å². The number of ether oxygens (including phenoxy) is 1. The van der Waals surface area contributed by atoms with Crippen molar-refractivity contribution in [1.29, 1.82) is 0 Å². The van der Waals surface area contributed by atoms with Crippen molar-refractivity contribution in [2.24, 2.45) is 0 Å². The Morgan fingerprint density at radius 3 is 2.52 bits per heavy atom. The highest BCUT2D eigenvalue weighted by Gasteiger charge is 2.28. The van der Waals surface area contributed by atoms with Crippen molar-refractivity contribution in [2.45, 2.75) is 57.0 Å². The topological polar surface area (TPSA) is 76.4 Å². The number of carbonyl (C=O) groups excluding carboxylic acids is 1. The number of carbonyl (C=O) groups is 1. The van der Waals surface area contributed by atoms with Crippen LogP contribution in [0.2, 0.25) is 0 Å². The standard InChI is InChI=1S/C15H23N3O2S/c1-20-12-11(16)13(14(19)17-10-7-8-10)21-15(12)18-9-5-3-2-4-6-9/h9-10,18H,2-8,16H2,1H3,(H,17,19). The van der Waals surface area contributed by atoms with Gasteiger partial charge in [0.2, 0.25) is 0 Å². The van der Waals surface area contributed by atoms with Crippen molar-refractivity contribution in [1.82, 2.24) is 5.32 Å². The van der Waals surface area contributed by atoms with Crippen molar-refractivity contribution in [2.75, 3.05) is 18.2 Å². The molecule has 3 rings (SSSR count). The molecule has 0 spiro atoms. The number of rotatable bonds is 5. The van der Waals surface area contributed by atoms with Crippen LogP contribution in [0.4, 0.5) is 10.7 Å². The van der Waals surface area contributed by atoms with Gasteiger partial charge in [-0.2, -0.15) is 0 Å². The van der Waals surface area contributed by atoms with Gasteiger partial charge in [0.15, 0.2) is 5.75 Å². The molecule has 116 valence electrons. The molecule has 0 radical (unpaired) electrons. The van der Waals surface area contributed by atoms with Gasteiger partial charge >= 0.3 is 0 Å². The number of anilines is 2. The summed E-state index contributed by atoms with van der Waals surface area (Å²) in [5.74, 6) is 0.543. The second-order valence-electron chi connectivity index (χ2n) is 5.93. The molecule has 0 atom stereocenters. The molecule has 1 aromatic heterocycles. The first kappa shape index (κ1) is 14.5. The van der Waals surface area contributed by atoms with Gasteiger partial charge in [0.1, 0.15) is 15.6 Å². The molecule has 2 aliphatic rings. The summed E-state index contributed by atoms with van der Waals surface area (Å²) in [5, 5.41) is 7.40. The molecule has 0 aromatic carbocycles. The van der Waals surface area contributed by atoms with E-state index in [1.807, 2.05) is 0 Å². The first-order valence-corrected chi connectivity index (χ1v) is 8.54. The molecule has 0 saturated heterocycles. The maximum atomic E-state index is 12.2. The van der Waals surface area contributed by atoms with E-state index in [-0.39, 0.29) is 5.91 Å². The van der Waals surface area contributed by atoms with Crippen LogP contribution in [0.15, 0.2) is 0 Å². The Bertz CT molecular complexity index is 519. The van der Waals surface area contributed by atoms with Gasteiger partial charge in [-0.05, 0) is 25.7 Å². The van der Waals surface area contributed by atoms with Gasteiger partial charge < -0.3 is 21.1 Å². The molecule has 4 N–H and O–H groups in total. The third-order valence-electron chi connectivity index (χ3n) is 4.16. The quantitative estimate of drug-likeness (QED) is 0.781. The summed E-state index contributed by atoms with van der Waals surface area (Å²) < 4.78 is 5.41. The molecule has 2 fully saturated rings. The summed E-state index contributed by atoms with van der Waals surface area (Å²) >= 11 is 1.41. The monoisotopic (exact) mass is 309 g/mol. The molecule has 2 aliphatic carbocycles. The van der Waals surface area contributed by atoms with Crippen LogP contribution in [0, 0.1) is 0 Å². The van der Waals surface area contributed by atoms with E-state index in [1.54, 1.807) is 7.11 Å². The molecule has 1 aromatic rings. The van der Waals surface area contributed by atoms with Crippen LogP contribution in [0.5, 0.6) is 5.75 Å². The first-order chi connectivity index (χ1) is 10.2. The lowest BCUT2D eigenvalue weighted by molar-refractivity contribution is 0.0956. The Kier molecular flexibility index (Phi) is 4.24. The molecule has 0 bridgehead atoms. The van der Waals surface area contributed by atoms with Crippen molar-refractivity contribution in [3.8, 4) is 5.75 Å². The number of amides is 1. The predicted octanol–water partition coefficient (Wildman–Crippen LogP) is 2.98. The Balaban J connectivity index is 1.76. The number of thiophene rings is 1. The smallest absolute Gasteiger partial charge is 0.263 e. The summed E-state index contributed by atoms with van der Waals surface area (Å²) in [6, 6.07) is 0.796. The second kappa shape index (κ2) is 6.13. The normalized spacial score (nSPS) is 19.3. The van der Waals surface area contributed by atoms with Gasteiger partial charge in [-0.3, -0.25) is 4.79 Å². The highest BCUT2D eigenvalue weighted by Crippen LogP contribution is 2.43. The highest BCUT2D eigenvalue weighted by atomic mass is 32.1. The second-order valence-corrected chi connectivity index (χ2v) is 6.95. The van der Waals surface area contributed by atoms with Crippen molar-refractivity contribution >= 4 is 27.9 Å². The van der Waals surface area contributed by atoms with E-state index in [4.69, 9.17) is 10.5 Å². The molecule has 6 heteroatoms. The summed E-state index contributed by atoms with van der Waals surface area (Å²) in [7, 11) is 1.60. The van der Waals surface area contributed by atoms with Crippen molar-refractivity contribution in [3.63, 3.8) is 0 Å². The number of nitrogens with two attached hydrogens (primary N) is 1. The third-order valence-corrected chi connectivity index (χ3v) is 5.28. The Labute approximate surface area is 129 Å². The van der Waals surface area contributed by atoms with Crippen LogP contribution in [-0.2, 0) is 0 Å². The Morgan fingerprint density at radius 1 is 1.19 bits per heavy atom.